The molecule has 3 aromatic carbocycles. The van der Waals surface area contributed by atoms with E-state index in [4.69, 9.17) is 56.3 Å². The van der Waals surface area contributed by atoms with E-state index in [1.54, 1.807) is 0 Å². The number of aromatic hydroxyl groups is 1. The average molecular weight is 1000 g/mol. The van der Waals surface area contributed by atoms with Crippen LogP contribution in [0.2, 0.25) is 0 Å². The zero-order valence-electron chi connectivity index (χ0n) is 36.6. The van der Waals surface area contributed by atoms with E-state index in [9.17, 15) is 62.3 Å². The summed E-state index contributed by atoms with van der Waals surface area (Å²) in [6, 6.07) is 9.61. The summed E-state index contributed by atoms with van der Waals surface area (Å²) >= 11 is 0. The lowest BCUT2D eigenvalue weighted by Crippen LogP contribution is -2.58. The van der Waals surface area contributed by atoms with E-state index >= 15 is 0 Å². The molecule has 34 heteroatoms. The van der Waals surface area contributed by atoms with E-state index in [0.29, 0.717) is 17.0 Å². The molecule has 71 heavy (non-hydrogen) atoms. The minimum atomic E-state index is -5.35. The zero-order chi connectivity index (χ0) is 53.5. The van der Waals surface area contributed by atoms with Gasteiger partial charge in [0.2, 0.25) is 36.8 Å². The van der Waals surface area contributed by atoms with Gasteiger partial charge in [0.25, 0.3) is 35.2 Å². The largest absolute Gasteiger partial charge is 0.508 e. The summed E-state index contributed by atoms with van der Waals surface area (Å²) in [7, 11) is 1.22. The first-order valence-electron chi connectivity index (χ1n) is 19.5. The number of phenolic OH excluding ortho intramolecular Hbond substituents is 1. The molecule has 382 valence electrons. The van der Waals surface area contributed by atoms with Crippen LogP contribution in [-0.4, -0.2) is 112 Å². The van der Waals surface area contributed by atoms with Gasteiger partial charge in [-0.15, -0.1) is 0 Å². The van der Waals surface area contributed by atoms with Crippen LogP contribution in [-0.2, 0) is 41.5 Å². The van der Waals surface area contributed by atoms with Crippen molar-refractivity contribution in [3.05, 3.63) is 93.5 Å². The molecule has 0 saturated heterocycles. The van der Waals surface area contributed by atoms with Crippen LogP contribution >= 0.6 is 0 Å². The number of methoxy groups -OCH3 is 1. The van der Waals surface area contributed by atoms with E-state index in [2.05, 4.69) is 30.6 Å². The summed E-state index contributed by atoms with van der Waals surface area (Å²) < 4.78 is 48.9. The summed E-state index contributed by atoms with van der Waals surface area (Å²) in [5, 5.41) is 43.9. The van der Waals surface area contributed by atoms with Gasteiger partial charge in [-0.3, -0.25) is 38.9 Å². The highest BCUT2D eigenvalue weighted by Crippen LogP contribution is 2.40. The third-order valence-electron chi connectivity index (χ3n) is 8.89. The summed E-state index contributed by atoms with van der Waals surface area (Å²) in [4.78, 5) is 105. The Labute approximate surface area is 396 Å². The number of nitro groups is 1. The highest BCUT2D eigenvalue weighted by molar-refractivity contribution is 5.99. The van der Waals surface area contributed by atoms with Crippen molar-refractivity contribution in [3.63, 3.8) is 0 Å². The van der Waals surface area contributed by atoms with Gasteiger partial charge in [-0.1, -0.05) is 30.3 Å². The number of nitro benzene ring substituents is 1. The maximum atomic E-state index is 14.6. The molecule has 0 fully saturated rings. The van der Waals surface area contributed by atoms with Gasteiger partial charge < -0.3 is 98.0 Å². The molecule has 3 rings (SSSR count). The van der Waals surface area contributed by atoms with Gasteiger partial charge in [-0.2, -0.15) is 13.2 Å². The number of alkyl halides is 3. The van der Waals surface area contributed by atoms with E-state index in [1.807, 2.05) is 16.0 Å². The molecular formula is C37H47F3N20O11. The molecule has 6 unspecified atom stereocenters. The topological polar surface area (TPSA) is 542 Å². The fourth-order valence-electron chi connectivity index (χ4n) is 5.81. The number of ether oxygens (including phenoxy) is 1. The van der Waals surface area contributed by atoms with Crippen LogP contribution in [0.4, 0.5) is 24.5 Å². The second kappa shape index (κ2) is 24.2. The van der Waals surface area contributed by atoms with Crippen LogP contribution in [0.5, 0.6) is 11.5 Å². The van der Waals surface area contributed by atoms with E-state index in [0.717, 1.165) is 12.1 Å². The predicted octanol–water partition coefficient (Wildman–Crippen LogP) is -6.14. The number of primary amides is 1. The number of non-ortho nitro benzene ring substituents is 1. The van der Waals surface area contributed by atoms with Gasteiger partial charge in [0, 0.05) is 24.2 Å². The van der Waals surface area contributed by atoms with Crippen molar-refractivity contribution >= 4 is 70.7 Å². The Bertz CT molecular complexity index is 2600. The predicted molar refractivity (Wildman–Crippen MR) is 242 cm³/mol. The second-order valence-corrected chi connectivity index (χ2v) is 14.1. The first-order valence-corrected chi connectivity index (χ1v) is 19.5. The SMILES string of the molecule is COc1ccc(O)c(CN(c2ccc([N+](=O)[O-])cc2C(F)(F)F)C(O)C(=O)NC(C(=O)NC(N=C(N)N)C(=O)NC(N=C(N)N)C(=O)NC(N=C(N)N)C(=O)NC(N=C(N)N)C(N)=O)c2ccccc2)c1. The van der Waals surface area contributed by atoms with Crippen molar-refractivity contribution in [2.75, 3.05) is 12.0 Å². The highest BCUT2D eigenvalue weighted by Gasteiger charge is 2.40. The van der Waals surface area contributed by atoms with Gasteiger partial charge in [0.1, 0.15) is 17.5 Å². The van der Waals surface area contributed by atoms with Crippen molar-refractivity contribution in [1.82, 2.24) is 26.6 Å². The molecule has 25 N–H and O–H groups in total. The Hall–Kier alpha value is -9.89. The monoisotopic (exact) mass is 1000 g/mol. The number of anilines is 1. The fourth-order valence-corrected chi connectivity index (χ4v) is 5.81. The Morgan fingerprint density at radius 2 is 1.14 bits per heavy atom. The number of aliphatic imine (C=N–C) groups is 4. The molecule has 0 radical (unpaired) electrons. The van der Waals surface area contributed by atoms with Crippen molar-refractivity contribution in [2.45, 2.75) is 49.7 Å². The molecule has 0 bridgehead atoms. The number of nitrogens with one attached hydrogen (secondary N) is 5. The minimum Gasteiger partial charge on any atom is -0.508 e. The van der Waals surface area contributed by atoms with Gasteiger partial charge in [0.15, 0.2) is 23.8 Å². The molecule has 6 atom stereocenters. The van der Waals surface area contributed by atoms with E-state index in [1.165, 1.54) is 43.5 Å². The first kappa shape index (κ1) is 55.4. The molecule has 0 aliphatic carbocycles. The van der Waals surface area contributed by atoms with Crippen LogP contribution in [0.15, 0.2) is 86.7 Å². The number of nitrogens with two attached hydrogens (primary N) is 9. The summed E-state index contributed by atoms with van der Waals surface area (Å²) in [5.74, 6) is -12.5. The standard InChI is InChI=1S/C37H47F3N20O11/c1-71-17-8-10-20(61)15(11-17)13-59(19-9-7-16(60(69)70)12-18(19)37(38,39)40)32(68)31(67)50-21(14-5-3-2-4-6-14)27(63)52-24(56-34(44)45)29(65)54-26(58-36(48)49)30(66)53-25(57-35(46)47)28(64)51-23(22(41)62)55-33(42)43/h2-12,21,23-26,32,61,68H,13H2,1H3,(H2,41,62)(H,50,67)(H,51,64)(H,52,63)(H,53,66)(H,54,65)(H4,42,43,55)(H4,44,45,56)(H4,46,47,57)(H4,48,49,58). The number of benzene rings is 3. The Morgan fingerprint density at radius 3 is 1.58 bits per heavy atom. The smallest absolute Gasteiger partial charge is 0.418 e. The number of amides is 6. The molecule has 0 spiro atoms. The number of hydrogen-bond donors (Lipinski definition) is 16. The maximum Gasteiger partial charge on any atom is 0.418 e. The first-order chi connectivity index (χ1) is 33.1. The number of carbonyl (C=O) groups excluding carboxylic acids is 6. The minimum absolute atomic E-state index is 0.0696. The molecular weight excluding hydrogens is 958 g/mol. The lowest BCUT2D eigenvalue weighted by Gasteiger charge is -2.32. The number of nitrogens with zero attached hydrogens (tertiary/aromatic N) is 6. The molecule has 0 aromatic heterocycles. The number of hydrogen-bond acceptors (Lipinski definition) is 16. The van der Waals surface area contributed by atoms with E-state index < -0.39 is 137 Å². The van der Waals surface area contributed by atoms with Gasteiger partial charge in [0.05, 0.1) is 23.3 Å². The Balaban J connectivity index is 2.06. The fraction of sp³-hybridized carbons (Fsp3) is 0.243. The van der Waals surface area contributed by atoms with Crippen LogP contribution in [0.25, 0.3) is 0 Å². The van der Waals surface area contributed by atoms with Crippen molar-refractivity contribution < 1.29 is 61.8 Å². The number of halogens is 3. The molecule has 6 amide bonds. The quantitative estimate of drug-likeness (QED) is 0.0146. The van der Waals surface area contributed by atoms with E-state index in [-0.39, 0.29) is 22.9 Å². The molecule has 31 nitrogen and oxygen atoms in total. The molecule has 0 aliphatic rings. The summed E-state index contributed by atoms with van der Waals surface area (Å²) in [5.41, 5.74) is 44.4. The Kier molecular flexibility index (Phi) is 18.9. The number of phenols is 1. The average Bonchev–Trinajstić information content (AvgIpc) is 3.28. The van der Waals surface area contributed by atoms with Crippen molar-refractivity contribution in [1.29, 1.82) is 0 Å². The van der Waals surface area contributed by atoms with Crippen LogP contribution in [0.1, 0.15) is 22.7 Å². The molecule has 0 saturated carbocycles. The lowest BCUT2D eigenvalue weighted by atomic mass is 10.1. The summed E-state index contributed by atoms with van der Waals surface area (Å²) in [6.45, 7) is -0.915. The van der Waals surface area contributed by atoms with Gasteiger partial charge in [-0.05, 0) is 29.8 Å². The molecule has 0 aliphatic heterocycles. The summed E-state index contributed by atoms with van der Waals surface area (Å²) in [6.07, 6.45) is -16.7. The normalized spacial score (nSPS) is 13.3. The second-order valence-electron chi connectivity index (χ2n) is 14.1. The number of carbonyl (C=O) groups is 6. The van der Waals surface area contributed by atoms with Crippen molar-refractivity contribution in [2.24, 2.45) is 71.6 Å². The molecule has 3 aromatic rings. The number of rotatable bonds is 22. The van der Waals surface area contributed by atoms with Crippen LogP contribution < -0.4 is 87.8 Å². The van der Waals surface area contributed by atoms with Gasteiger partial charge >= 0.3 is 6.18 Å². The molecule has 0 heterocycles. The number of aliphatic hydroxyl groups excluding tert-OH is 1. The third kappa shape index (κ3) is 16.1. The number of aliphatic hydroxyl groups is 1. The maximum absolute atomic E-state index is 14.6. The third-order valence-corrected chi connectivity index (χ3v) is 8.89. The zero-order valence-corrected chi connectivity index (χ0v) is 36.6. The van der Waals surface area contributed by atoms with Crippen molar-refractivity contribution in [3.8, 4) is 11.5 Å². The lowest BCUT2D eigenvalue weighted by molar-refractivity contribution is -0.385. The van der Waals surface area contributed by atoms with Gasteiger partial charge in [-0.25, -0.2) is 20.0 Å². The highest BCUT2D eigenvalue weighted by atomic mass is 19.4. The van der Waals surface area contributed by atoms with Crippen LogP contribution in [0.3, 0.4) is 0 Å². The van der Waals surface area contributed by atoms with Crippen LogP contribution in [0, 0.1) is 10.1 Å². The number of guanidine groups is 4. The Morgan fingerprint density at radius 1 is 0.676 bits per heavy atom.